The molecule has 0 aromatic heterocycles. The van der Waals surface area contributed by atoms with Crippen molar-refractivity contribution >= 4 is 5.69 Å². The number of nitriles is 1. The minimum absolute atomic E-state index is 0.652. The summed E-state index contributed by atoms with van der Waals surface area (Å²) in [6.45, 7) is 2.20. The summed E-state index contributed by atoms with van der Waals surface area (Å²) >= 11 is 0. The molecule has 0 amide bonds. The van der Waals surface area contributed by atoms with Gasteiger partial charge in [-0.2, -0.15) is 5.26 Å². The van der Waals surface area contributed by atoms with Crippen molar-refractivity contribution in [1.29, 1.82) is 5.26 Å². The fraction of sp³-hybridized carbons (Fsp3) is 0.462. The van der Waals surface area contributed by atoms with E-state index >= 15 is 0 Å². The number of rotatable bonds is 6. The minimum Gasteiger partial charge on any atom is -0.383 e. The van der Waals surface area contributed by atoms with Crippen LogP contribution in [0.25, 0.3) is 0 Å². The van der Waals surface area contributed by atoms with Gasteiger partial charge in [0.1, 0.15) is 6.07 Å². The third kappa shape index (κ3) is 3.74. The molecule has 1 N–H and O–H groups in total. The lowest BCUT2D eigenvalue weighted by Gasteiger charge is -2.20. The van der Waals surface area contributed by atoms with Gasteiger partial charge in [-0.25, -0.2) is 0 Å². The highest BCUT2D eigenvalue weighted by Gasteiger charge is 2.07. The number of nitrogens with one attached hydrogen (secondary N) is 1. The Kier molecular flexibility index (Phi) is 5.47. The van der Waals surface area contributed by atoms with Gasteiger partial charge in [0, 0.05) is 27.2 Å². The largest absolute Gasteiger partial charge is 0.383 e. The Hall–Kier alpha value is -1.57. The summed E-state index contributed by atoms with van der Waals surface area (Å²) in [6, 6.07) is 8.19. The molecular formula is C13H19N3O. The van der Waals surface area contributed by atoms with Gasteiger partial charge in [0.25, 0.3) is 0 Å². The Morgan fingerprint density at radius 2 is 2.24 bits per heavy atom. The molecule has 0 radical (unpaired) electrons. The Morgan fingerprint density at radius 3 is 2.82 bits per heavy atom. The molecule has 0 spiro atoms. The first-order valence-corrected chi connectivity index (χ1v) is 5.60. The van der Waals surface area contributed by atoms with Gasteiger partial charge in [-0.3, -0.25) is 0 Å². The van der Waals surface area contributed by atoms with Crippen LogP contribution in [-0.2, 0) is 11.3 Å². The molecule has 92 valence electrons. The first-order chi connectivity index (χ1) is 8.22. The predicted molar refractivity (Wildman–Crippen MR) is 69.1 cm³/mol. The standard InChI is InChI=1S/C13H19N3O/c1-15-10-11-4-5-13(12(8-11)9-14)16(2)6-7-17-3/h4-5,8,15H,6-7,10H2,1-3H3. The van der Waals surface area contributed by atoms with Crippen molar-refractivity contribution in [3.63, 3.8) is 0 Å². The Morgan fingerprint density at radius 1 is 1.47 bits per heavy atom. The zero-order chi connectivity index (χ0) is 12.7. The van der Waals surface area contributed by atoms with E-state index in [0.29, 0.717) is 12.2 Å². The van der Waals surface area contributed by atoms with Gasteiger partial charge >= 0.3 is 0 Å². The lowest BCUT2D eigenvalue weighted by Crippen LogP contribution is -2.23. The Labute approximate surface area is 103 Å². The minimum atomic E-state index is 0.652. The number of nitrogens with zero attached hydrogens (tertiary/aromatic N) is 2. The average Bonchev–Trinajstić information content (AvgIpc) is 2.36. The molecule has 0 heterocycles. The van der Waals surface area contributed by atoms with Crippen LogP contribution in [0.15, 0.2) is 18.2 Å². The number of methoxy groups -OCH3 is 1. The predicted octanol–water partition coefficient (Wildman–Crippen LogP) is 1.36. The van der Waals surface area contributed by atoms with Crippen LogP contribution in [-0.4, -0.2) is 34.4 Å². The number of ether oxygens (including phenoxy) is 1. The molecule has 17 heavy (non-hydrogen) atoms. The summed E-state index contributed by atoms with van der Waals surface area (Å²) in [7, 11) is 5.53. The van der Waals surface area contributed by atoms with Crippen molar-refractivity contribution in [2.24, 2.45) is 0 Å². The quantitative estimate of drug-likeness (QED) is 0.806. The maximum absolute atomic E-state index is 9.16. The van der Waals surface area contributed by atoms with Gasteiger partial charge in [0.2, 0.25) is 0 Å². The molecule has 0 atom stereocenters. The third-order valence-electron chi connectivity index (χ3n) is 2.60. The summed E-state index contributed by atoms with van der Waals surface area (Å²) in [5.74, 6) is 0. The van der Waals surface area contributed by atoms with E-state index in [0.717, 1.165) is 24.3 Å². The second-order valence-electron chi connectivity index (χ2n) is 3.91. The van der Waals surface area contributed by atoms with Crippen LogP contribution in [0, 0.1) is 11.3 Å². The fourth-order valence-electron chi connectivity index (χ4n) is 1.67. The van der Waals surface area contributed by atoms with E-state index in [2.05, 4.69) is 11.4 Å². The van der Waals surface area contributed by atoms with Gasteiger partial charge in [-0.1, -0.05) is 6.07 Å². The Balaban J connectivity index is 2.88. The number of hydrogen-bond acceptors (Lipinski definition) is 4. The molecule has 4 heteroatoms. The van der Waals surface area contributed by atoms with Crippen molar-refractivity contribution in [2.75, 3.05) is 39.3 Å². The van der Waals surface area contributed by atoms with Crippen molar-refractivity contribution in [1.82, 2.24) is 5.32 Å². The highest BCUT2D eigenvalue weighted by atomic mass is 16.5. The van der Waals surface area contributed by atoms with Crippen molar-refractivity contribution in [3.05, 3.63) is 29.3 Å². The zero-order valence-corrected chi connectivity index (χ0v) is 10.7. The number of likely N-dealkylation sites (N-methyl/N-ethyl adjacent to an activating group) is 1. The van der Waals surface area contributed by atoms with Crippen LogP contribution in [0.2, 0.25) is 0 Å². The van der Waals surface area contributed by atoms with Crippen LogP contribution in [0.1, 0.15) is 11.1 Å². The van der Waals surface area contributed by atoms with Crippen LogP contribution >= 0.6 is 0 Å². The van der Waals surface area contributed by atoms with Gasteiger partial charge < -0.3 is 15.0 Å². The van der Waals surface area contributed by atoms with Crippen LogP contribution in [0.4, 0.5) is 5.69 Å². The van der Waals surface area contributed by atoms with Crippen LogP contribution in [0.5, 0.6) is 0 Å². The maximum Gasteiger partial charge on any atom is 0.101 e. The van der Waals surface area contributed by atoms with Crippen LogP contribution < -0.4 is 10.2 Å². The molecule has 0 saturated heterocycles. The molecular weight excluding hydrogens is 214 g/mol. The molecule has 0 unspecified atom stereocenters. The van der Waals surface area contributed by atoms with E-state index in [1.54, 1.807) is 7.11 Å². The first kappa shape index (κ1) is 13.5. The van der Waals surface area contributed by atoms with E-state index in [-0.39, 0.29) is 0 Å². The normalized spacial score (nSPS) is 10.0. The fourth-order valence-corrected chi connectivity index (χ4v) is 1.67. The second kappa shape index (κ2) is 6.89. The molecule has 1 aromatic rings. The number of anilines is 1. The second-order valence-corrected chi connectivity index (χ2v) is 3.91. The highest BCUT2D eigenvalue weighted by Crippen LogP contribution is 2.20. The smallest absolute Gasteiger partial charge is 0.101 e. The molecule has 0 aliphatic rings. The monoisotopic (exact) mass is 233 g/mol. The molecule has 0 aliphatic heterocycles. The summed E-state index contributed by atoms with van der Waals surface area (Å²) in [4.78, 5) is 2.03. The lowest BCUT2D eigenvalue weighted by molar-refractivity contribution is 0.206. The molecule has 0 aliphatic carbocycles. The van der Waals surface area contributed by atoms with Crippen molar-refractivity contribution < 1.29 is 4.74 Å². The van der Waals surface area contributed by atoms with E-state index in [1.807, 2.05) is 37.2 Å². The van der Waals surface area contributed by atoms with Crippen molar-refractivity contribution in [3.8, 4) is 6.07 Å². The number of hydrogen-bond donors (Lipinski definition) is 1. The SMILES string of the molecule is CNCc1ccc(N(C)CCOC)c(C#N)c1. The zero-order valence-electron chi connectivity index (χ0n) is 10.7. The van der Waals surface area contributed by atoms with E-state index in [9.17, 15) is 0 Å². The summed E-state index contributed by atoms with van der Waals surface area (Å²) in [5, 5.41) is 12.2. The summed E-state index contributed by atoms with van der Waals surface area (Å²) in [6.07, 6.45) is 0. The van der Waals surface area contributed by atoms with E-state index in [1.165, 1.54) is 0 Å². The topological polar surface area (TPSA) is 48.3 Å². The molecule has 1 rings (SSSR count). The van der Waals surface area contributed by atoms with E-state index < -0.39 is 0 Å². The number of benzene rings is 1. The highest BCUT2D eigenvalue weighted by molar-refractivity contribution is 5.60. The molecule has 0 saturated carbocycles. The maximum atomic E-state index is 9.16. The third-order valence-corrected chi connectivity index (χ3v) is 2.60. The lowest BCUT2D eigenvalue weighted by atomic mass is 10.1. The molecule has 1 aromatic carbocycles. The van der Waals surface area contributed by atoms with Gasteiger partial charge in [-0.05, 0) is 24.7 Å². The molecule has 0 fully saturated rings. The molecule has 0 bridgehead atoms. The molecule has 4 nitrogen and oxygen atoms in total. The van der Waals surface area contributed by atoms with Gasteiger partial charge in [0.15, 0.2) is 0 Å². The van der Waals surface area contributed by atoms with Gasteiger partial charge in [-0.15, -0.1) is 0 Å². The first-order valence-electron chi connectivity index (χ1n) is 5.60. The Bertz CT molecular complexity index is 398. The summed E-state index contributed by atoms with van der Waals surface area (Å²) in [5.41, 5.74) is 2.77. The van der Waals surface area contributed by atoms with Crippen LogP contribution in [0.3, 0.4) is 0 Å². The average molecular weight is 233 g/mol. The summed E-state index contributed by atoms with van der Waals surface area (Å²) < 4.78 is 5.04. The van der Waals surface area contributed by atoms with E-state index in [4.69, 9.17) is 10.00 Å². The van der Waals surface area contributed by atoms with Crippen molar-refractivity contribution in [2.45, 2.75) is 6.54 Å². The van der Waals surface area contributed by atoms with Gasteiger partial charge in [0.05, 0.1) is 17.9 Å².